The van der Waals surface area contributed by atoms with Crippen LogP contribution in [0.2, 0.25) is 5.02 Å². The maximum atomic E-state index is 12.0. The smallest absolute Gasteiger partial charge is 0.238 e. The number of nitrogens with one attached hydrogen (secondary N) is 1. The largest absolute Gasteiger partial charge is 0.328 e. The number of benzene rings is 1. The van der Waals surface area contributed by atoms with Crippen LogP contribution in [0, 0.1) is 0 Å². The summed E-state index contributed by atoms with van der Waals surface area (Å²) >= 11 is 9.30. The van der Waals surface area contributed by atoms with Crippen molar-refractivity contribution in [1.82, 2.24) is 4.90 Å². The van der Waals surface area contributed by atoms with Crippen molar-refractivity contribution in [2.75, 3.05) is 25.0 Å². The minimum absolute atomic E-state index is 0.0292. The second-order valence-electron chi connectivity index (χ2n) is 4.79. The molecule has 104 valence electrons. The number of carbonyl (C=O) groups excluding carboxylic acids is 1. The normalized spacial score (nSPS) is 17.4. The minimum Gasteiger partial charge on any atom is -0.328 e. The summed E-state index contributed by atoms with van der Waals surface area (Å²) in [4.78, 5) is 14.1. The van der Waals surface area contributed by atoms with Gasteiger partial charge in [0.1, 0.15) is 0 Å². The van der Waals surface area contributed by atoms with E-state index in [-0.39, 0.29) is 11.9 Å². The number of halogens is 2. The van der Waals surface area contributed by atoms with E-state index in [0.717, 1.165) is 30.4 Å². The van der Waals surface area contributed by atoms with Gasteiger partial charge in [-0.2, -0.15) is 0 Å². The Bertz CT molecular complexity index is 461. The first-order valence-electron chi connectivity index (χ1n) is 6.27. The number of hydrogen-bond donors (Lipinski definition) is 2. The highest BCUT2D eigenvalue weighted by Crippen LogP contribution is 2.25. The van der Waals surface area contributed by atoms with E-state index in [0.29, 0.717) is 17.3 Å². The predicted octanol–water partition coefficient (Wildman–Crippen LogP) is 2.46. The van der Waals surface area contributed by atoms with Gasteiger partial charge >= 0.3 is 0 Å². The zero-order chi connectivity index (χ0) is 13.8. The van der Waals surface area contributed by atoms with Gasteiger partial charge in [0.15, 0.2) is 0 Å². The summed E-state index contributed by atoms with van der Waals surface area (Å²) in [6.45, 7) is 2.16. The molecule has 0 bridgehead atoms. The molecule has 4 nitrogen and oxygen atoms in total. The molecule has 19 heavy (non-hydrogen) atoms. The van der Waals surface area contributed by atoms with Crippen LogP contribution in [0.1, 0.15) is 12.8 Å². The third-order valence-electron chi connectivity index (χ3n) is 3.20. The molecule has 1 aromatic rings. The summed E-state index contributed by atoms with van der Waals surface area (Å²) < 4.78 is 0.825. The van der Waals surface area contributed by atoms with E-state index >= 15 is 0 Å². The summed E-state index contributed by atoms with van der Waals surface area (Å²) in [5.74, 6) is -0.0292. The van der Waals surface area contributed by atoms with Crippen molar-refractivity contribution in [3.05, 3.63) is 27.7 Å². The zero-order valence-corrected chi connectivity index (χ0v) is 12.9. The molecule has 1 saturated heterocycles. The highest BCUT2D eigenvalue weighted by molar-refractivity contribution is 9.10. The number of nitrogens with zero attached hydrogens (tertiary/aromatic N) is 1. The number of nitrogens with two attached hydrogens (primary N) is 1. The summed E-state index contributed by atoms with van der Waals surface area (Å²) in [7, 11) is 0. The molecule has 1 aliphatic heterocycles. The van der Waals surface area contributed by atoms with Crippen LogP contribution in [-0.2, 0) is 4.79 Å². The Balaban J connectivity index is 1.89. The molecule has 3 N–H and O–H groups in total. The summed E-state index contributed by atoms with van der Waals surface area (Å²) in [5.41, 5.74) is 6.54. The second-order valence-corrected chi connectivity index (χ2v) is 6.08. The van der Waals surface area contributed by atoms with E-state index in [1.165, 1.54) is 0 Å². The van der Waals surface area contributed by atoms with Crippen molar-refractivity contribution in [3.8, 4) is 0 Å². The highest BCUT2D eigenvalue weighted by Gasteiger charge is 2.18. The Morgan fingerprint density at radius 1 is 1.47 bits per heavy atom. The van der Waals surface area contributed by atoms with Crippen LogP contribution in [0.5, 0.6) is 0 Å². The van der Waals surface area contributed by atoms with Crippen LogP contribution in [-0.4, -0.2) is 36.5 Å². The molecular weight excluding hydrogens is 330 g/mol. The fourth-order valence-electron chi connectivity index (χ4n) is 2.10. The predicted molar refractivity (Wildman–Crippen MR) is 81.4 cm³/mol. The number of carbonyl (C=O) groups is 1. The number of rotatable bonds is 3. The lowest BCUT2D eigenvalue weighted by molar-refractivity contribution is -0.117. The molecule has 2 rings (SSSR count). The quantitative estimate of drug-likeness (QED) is 0.884. The molecule has 0 aromatic heterocycles. The van der Waals surface area contributed by atoms with E-state index in [2.05, 4.69) is 26.1 Å². The van der Waals surface area contributed by atoms with Crippen molar-refractivity contribution in [3.63, 3.8) is 0 Å². The molecule has 1 aliphatic rings. The molecule has 6 heteroatoms. The van der Waals surface area contributed by atoms with Gasteiger partial charge in [0.2, 0.25) is 5.91 Å². The molecule has 1 aromatic carbocycles. The van der Waals surface area contributed by atoms with E-state index in [1.54, 1.807) is 12.1 Å². The summed E-state index contributed by atoms with van der Waals surface area (Å²) in [6.07, 6.45) is 1.91. The van der Waals surface area contributed by atoms with Crippen molar-refractivity contribution < 1.29 is 4.79 Å². The molecule has 0 radical (unpaired) electrons. The van der Waals surface area contributed by atoms with Gasteiger partial charge < -0.3 is 11.1 Å². The average molecular weight is 347 g/mol. The van der Waals surface area contributed by atoms with Gasteiger partial charge in [0.25, 0.3) is 0 Å². The van der Waals surface area contributed by atoms with Crippen LogP contribution in [0.3, 0.4) is 0 Å². The third kappa shape index (κ3) is 4.45. The summed E-state index contributed by atoms with van der Waals surface area (Å²) in [6, 6.07) is 5.60. The number of anilines is 1. The van der Waals surface area contributed by atoms with Crippen molar-refractivity contribution >= 4 is 39.1 Å². The van der Waals surface area contributed by atoms with Gasteiger partial charge in [-0.25, -0.2) is 0 Å². The van der Waals surface area contributed by atoms with Gasteiger partial charge in [0, 0.05) is 28.6 Å². The van der Waals surface area contributed by atoms with E-state index in [1.807, 2.05) is 6.07 Å². The van der Waals surface area contributed by atoms with E-state index in [4.69, 9.17) is 17.3 Å². The third-order valence-corrected chi connectivity index (χ3v) is 4.13. The van der Waals surface area contributed by atoms with Gasteiger partial charge in [-0.1, -0.05) is 11.6 Å². The van der Waals surface area contributed by atoms with Gasteiger partial charge in [-0.05, 0) is 47.0 Å². The number of hydrogen-bond acceptors (Lipinski definition) is 3. The first kappa shape index (κ1) is 14.8. The Hall–Kier alpha value is -0.620. The molecule has 0 unspecified atom stereocenters. The maximum absolute atomic E-state index is 12.0. The Morgan fingerprint density at radius 3 is 2.84 bits per heavy atom. The van der Waals surface area contributed by atoms with Gasteiger partial charge in [0.05, 0.1) is 12.2 Å². The Labute approximate surface area is 126 Å². The first-order valence-corrected chi connectivity index (χ1v) is 7.44. The van der Waals surface area contributed by atoms with Crippen molar-refractivity contribution in [1.29, 1.82) is 0 Å². The van der Waals surface area contributed by atoms with Crippen molar-refractivity contribution in [2.24, 2.45) is 5.73 Å². The number of amides is 1. The zero-order valence-electron chi connectivity index (χ0n) is 10.5. The average Bonchev–Trinajstić information content (AvgIpc) is 2.37. The molecule has 0 spiro atoms. The molecule has 1 amide bonds. The van der Waals surface area contributed by atoms with E-state index < -0.39 is 0 Å². The maximum Gasteiger partial charge on any atom is 0.238 e. The SMILES string of the molecule is NC1CCN(CC(=O)Nc2cc(Cl)ccc2Br)CC1. The van der Waals surface area contributed by atoms with Crippen LogP contribution in [0.25, 0.3) is 0 Å². The fourth-order valence-corrected chi connectivity index (χ4v) is 2.62. The molecule has 0 atom stereocenters. The number of piperidine rings is 1. The van der Waals surface area contributed by atoms with Crippen molar-refractivity contribution in [2.45, 2.75) is 18.9 Å². The molecule has 1 fully saturated rings. The lowest BCUT2D eigenvalue weighted by Gasteiger charge is -2.29. The van der Waals surface area contributed by atoms with E-state index in [9.17, 15) is 4.79 Å². The Morgan fingerprint density at radius 2 is 2.16 bits per heavy atom. The van der Waals surface area contributed by atoms with Gasteiger partial charge in [-0.15, -0.1) is 0 Å². The van der Waals surface area contributed by atoms with Crippen LogP contribution in [0.15, 0.2) is 22.7 Å². The van der Waals surface area contributed by atoms with Gasteiger partial charge in [-0.3, -0.25) is 9.69 Å². The topological polar surface area (TPSA) is 58.4 Å². The minimum atomic E-state index is -0.0292. The second kappa shape index (κ2) is 6.70. The highest BCUT2D eigenvalue weighted by atomic mass is 79.9. The fraction of sp³-hybridized carbons (Fsp3) is 0.462. The Kier molecular flexibility index (Phi) is 5.21. The summed E-state index contributed by atoms with van der Waals surface area (Å²) in [5, 5.41) is 3.47. The van der Waals surface area contributed by atoms with Crippen LogP contribution >= 0.6 is 27.5 Å². The van der Waals surface area contributed by atoms with Crippen LogP contribution < -0.4 is 11.1 Å². The molecular formula is C13H17BrClN3O. The van der Waals surface area contributed by atoms with Crippen LogP contribution in [0.4, 0.5) is 5.69 Å². The number of likely N-dealkylation sites (tertiary alicyclic amines) is 1. The lowest BCUT2D eigenvalue weighted by Crippen LogP contribution is -2.43. The molecule has 1 heterocycles. The first-order chi connectivity index (χ1) is 9.04. The standard InChI is InChI=1S/C13H17BrClN3O/c14-11-2-1-9(15)7-12(11)17-13(19)8-18-5-3-10(16)4-6-18/h1-2,7,10H,3-6,8,16H2,(H,17,19). The molecule has 0 aliphatic carbocycles. The monoisotopic (exact) mass is 345 g/mol. The lowest BCUT2D eigenvalue weighted by atomic mass is 10.1. The molecule has 0 saturated carbocycles.